The number of benzene rings is 3. The maximum absolute atomic E-state index is 13.6. The van der Waals surface area contributed by atoms with E-state index in [-0.39, 0.29) is 35.7 Å². The van der Waals surface area contributed by atoms with Gasteiger partial charge in [0.05, 0.1) is 47.3 Å². The lowest BCUT2D eigenvalue weighted by atomic mass is 10.00. The van der Waals surface area contributed by atoms with Crippen LogP contribution >= 0.6 is 0 Å². The highest BCUT2D eigenvalue weighted by atomic mass is 16.5. The second-order valence-electron chi connectivity index (χ2n) is 14.7. The predicted molar refractivity (Wildman–Crippen MR) is 203 cm³/mol. The topological polar surface area (TPSA) is 148 Å². The van der Waals surface area contributed by atoms with Crippen LogP contribution in [0.15, 0.2) is 60.7 Å². The van der Waals surface area contributed by atoms with Crippen molar-refractivity contribution in [2.45, 2.75) is 71.6 Å². The molecular formula is C40H50N8O4. The van der Waals surface area contributed by atoms with Crippen molar-refractivity contribution in [2.24, 2.45) is 11.8 Å². The van der Waals surface area contributed by atoms with Crippen LogP contribution in [0.25, 0.3) is 44.3 Å². The molecular weight excluding hydrogens is 656 g/mol. The molecule has 1 aliphatic heterocycles. The summed E-state index contributed by atoms with van der Waals surface area (Å²) in [4.78, 5) is 58.9. The van der Waals surface area contributed by atoms with Crippen LogP contribution in [0.3, 0.4) is 0 Å². The minimum Gasteiger partial charge on any atom is -0.453 e. The number of carbonyl (C=O) groups excluding carboxylic acids is 3. The standard InChI is InChI=1S/C40H50N8O4/c1-22(2)34(46-40(51)52-8)38(49)41-24(5)36-42-29-17-15-27(20-31(29)44-36)25-11-13-26(14-12-25)28-16-18-30-32(21-28)45-37(43-30)33-10-9-19-48(33)39(50)35(23(3)4)47(6)7/h11-18,20-24,33-35H,9-10,19H2,1-8H3,(H,41,49)(H,42,44)(H,43,45)(H,46,51). The van der Waals surface area contributed by atoms with E-state index in [9.17, 15) is 14.4 Å². The average Bonchev–Trinajstić information content (AvgIpc) is 3.87. The molecule has 2 aromatic heterocycles. The minimum atomic E-state index is -0.738. The van der Waals surface area contributed by atoms with Gasteiger partial charge >= 0.3 is 6.09 Å². The number of methoxy groups -OCH3 is 1. The number of amides is 3. The Kier molecular flexibility index (Phi) is 10.7. The van der Waals surface area contributed by atoms with Crippen LogP contribution in [-0.4, -0.2) is 87.5 Å². The van der Waals surface area contributed by atoms with E-state index in [0.29, 0.717) is 5.82 Å². The molecule has 52 heavy (non-hydrogen) atoms. The molecule has 4 N–H and O–H groups in total. The summed E-state index contributed by atoms with van der Waals surface area (Å²) in [5.41, 5.74) is 7.75. The first-order chi connectivity index (χ1) is 24.8. The molecule has 0 aliphatic carbocycles. The van der Waals surface area contributed by atoms with Gasteiger partial charge in [-0.15, -0.1) is 0 Å². The van der Waals surface area contributed by atoms with Crippen molar-refractivity contribution < 1.29 is 19.1 Å². The van der Waals surface area contributed by atoms with Gasteiger partial charge in [0.2, 0.25) is 11.8 Å². The van der Waals surface area contributed by atoms with Crippen LogP contribution in [0.1, 0.15) is 71.2 Å². The van der Waals surface area contributed by atoms with Gasteiger partial charge in [-0.25, -0.2) is 14.8 Å². The van der Waals surface area contributed by atoms with Crippen LogP contribution in [0, 0.1) is 11.8 Å². The Hall–Kier alpha value is -5.23. The van der Waals surface area contributed by atoms with Gasteiger partial charge in [-0.1, -0.05) is 64.1 Å². The largest absolute Gasteiger partial charge is 0.453 e. The normalized spacial score (nSPS) is 16.5. The molecule has 4 atom stereocenters. The van der Waals surface area contributed by atoms with Gasteiger partial charge in [0.25, 0.3) is 0 Å². The van der Waals surface area contributed by atoms with Crippen molar-refractivity contribution in [3.63, 3.8) is 0 Å². The van der Waals surface area contributed by atoms with E-state index >= 15 is 0 Å². The van der Waals surface area contributed by atoms with Crippen molar-refractivity contribution in [2.75, 3.05) is 27.7 Å². The number of aromatic nitrogens is 4. The lowest BCUT2D eigenvalue weighted by molar-refractivity contribution is -0.138. The molecule has 274 valence electrons. The second-order valence-corrected chi connectivity index (χ2v) is 14.7. The number of likely N-dealkylation sites (tertiary alicyclic amines) is 1. The lowest BCUT2D eigenvalue weighted by Gasteiger charge is -2.33. The Morgan fingerprint density at radius 3 is 1.94 bits per heavy atom. The molecule has 1 fully saturated rings. The number of nitrogens with zero attached hydrogens (tertiary/aromatic N) is 4. The number of rotatable bonds is 11. The number of likely N-dealkylation sites (N-methyl/N-ethyl adjacent to an activating group) is 1. The van der Waals surface area contributed by atoms with Gasteiger partial charge in [-0.3, -0.25) is 14.5 Å². The van der Waals surface area contributed by atoms with Crippen LogP contribution < -0.4 is 10.6 Å². The summed E-state index contributed by atoms with van der Waals surface area (Å²) in [5.74, 6) is 1.41. The maximum atomic E-state index is 13.6. The summed E-state index contributed by atoms with van der Waals surface area (Å²) in [6, 6.07) is 19.4. The summed E-state index contributed by atoms with van der Waals surface area (Å²) in [6.45, 7) is 10.5. The van der Waals surface area contributed by atoms with E-state index in [1.165, 1.54) is 7.11 Å². The van der Waals surface area contributed by atoms with Crippen molar-refractivity contribution in [3.05, 3.63) is 72.3 Å². The molecule has 1 saturated heterocycles. The quantitative estimate of drug-likeness (QED) is 0.121. The summed E-state index contributed by atoms with van der Waals surface area (Å²) in [5, 5.41) is 5.55. The van der Waals surface area contributed by atoms with Gasteiger partial charge in [-0.2, -0.15) is 0 Å². The predicted octanol–water partition coefficient (Wildman–Crippen LogP) is 6.58. The van der Waals surface area contributed by atoms with E-state index < -0.39 is 18.2 Å². The van der Waals surface area contributed by atoms with Crippen LogP contribution in [0.4, 0.5) is 4.79 Å². The molecule has 0 spiro atoms. The van der Waals surface area contributed by atoms with E-state index in [4.69, 9.17) is 9.97 Å². The molecule has 1 aliphatic rings. The van der Waals surface area contributed by atoms with Crippen molar-refractivity contribution in [1.82, 2.24) is 40.4 Å². The lowest BCUT2D eigenvalue weighted by Crippen LogP contribution is -2.50. The van der Waals surface area contributed by atoms with Crippen LogP contribution in [0.2, 0.25) is 0 Å². The molecule has 6 rings (SSSR count). The highest BCUT2D eigenvalue weighted by Gasteiger charge is 2.37. The van der Waals surface area contributed by atoms with E-state index in [0.717, 1.165) is 69.5 Å². The SMILES string of the molecule is COC(=O)NC(C(=O)NC(C)c1nc2ccc(-c3ccc(-c4ccc5nc(C6CCCN6C(=O)C(C(C)C)N(C)C)[nH]c5c4)cc3)cc2[nH]1)C(C)C. The number of fused-ring (bicyclic) bond motifs is 2. The third-order valence-corrected chi connectivity index (χ3v) is 10.0. The molecule has 0 bridgehead atoms. The number of H-pyrrole nitrogens is 2. The third kappa shape index (κ3) is 7.52. The van der Waals surface area contributed by atoms with Gasteiger partial charge in [0, 0.05) is 6.54 Å². The van der Waals surface area contributed by atoms with Gasteiger partial charge < -0.3 is 30.2 Å². The Morgan fingerprint density at radius 2 is 1.38 bits per heavy atom. The number of alkyl carbamates (subject to hydrolysis) is 1. The minimum absolute atomic E-state index is 0.0540. The average molecular weight is 707 g/mol. The number of carbonyl (C=O) groups is 3. The molecule has 12 heteroatoms. The van der Waals surface area contributed by atoms with Crippen LogP contribution in [-0.2, 0) is 14.3 Å². The molecule has 3 aromatic carbocycles. The summed E-state index contributed by atoms with van der Waals surface area (Å²) < 4.78 is 4.68. The first kappa shape index (κ1) is 36.6. The number of aromatic amines is 2. The Balaban J connectivity index is 1.16. The fourth-order valence-corrected chi connectivity index (χ4v) is 7.32. The van der Waals surface area contributed by atoms with Gasteiger partial charge in [0.1, 0.15) is 17.7 Å². The summed E-state index contributed by atoms with van der Waals surface area (Å²) >= 11 is 0. The summed E-state index contributed by atoms with van der Waals surface area (Å²) in [6.07, 6.45) is 1.21. The Bertz CT molecular complexity index is 2060. The fourth-order valence-electron chi connectivity index (χ4n) is 7.32. The van der Waals surface area contributed by atoms with Crippen molar-refractivity contribution >= 4 is 40.0 Å². The zero-order valence-corrected chi connectivity index (χ0v) is 31.3. The number of hydrogen-bond donors (Lipinski definition) is 4. The smallest absolute Gasteiger partial charge is 0.407 e. The molecule has 12 nitrogen and oxygen atoms in total. The van der Waals surface area contributed by atoms with Crippen LogP contribution in [0.5, 0.6) is 0 Å². The van der Waals surface area contributed by atoms with Crippen molar-refractivity contribution in [3.8, 4) is 22.3 Å². The number of nitrogens with one attached hydrogen (secondary N) is 4. The highest BCUT2D eigenvalue weighted by molar-refractivity contribution is 5.87. The third-order valence-electron chi connectivity index (χ3n) is 10.0. The zero-order valence-electron chi connectivity index (χ0n) is 31.3. The fraction of sp³-hybridized carbons (Fsp3) is 0.425. The Labute approximate surface area is 304 Å². The van der Waals surface area contributed by atoms with E-state index in [1.807, 2.05) is 62.9 Å². The van der Waals surface area contributed by atoms with Gasteiger partial charge in [0.15, 0.2) is 0 Å². The highest BCUT2D eigenvalue weighted by Crippen LogP contribution is 2.34. The second kappa shape index (κ2) is 15.2. The molecule has 0 radical (unpaired) electrons. The molecule has 4 unspecified atom stereocenters. The molecule has 5 aromatic rings. The van der Waals surface area contributed by atoms with Crippen molar-refractivity contribution in [1.29, 1.82) is 0 Å². The zero-order chi connectivity index (χ0) is 37.3. The first-order valence-electron chi connectivity index (χ1n) is 18.1. The molecule has 3 heterocycles. The number of hydrogen-bond acceptors (Lipinski definition) is 7. The van der Waals surface area contributed by atoms with E-state index in [2.05, 4.69) is 81.7 Å². The molecule has 0 saturated carbocycles. The van der Waals surface area contributed by atoms with E-state index in [1.54, 1.807) is 0 Å². The number of ether oxygens (including phenoxy) is 1. The monoisotopic (exact) mass is 706 g/mol. The van der Waals surface area contributed by atoms with Gasteiger partial charge in [-0.05, 0) is 92.2 Å². The number of imidazole rings is 2. The summed E-state index contributed by atoms with van der Waals surface area (Å²) in [7, 11) is 5.22. The first-order valence-corrected chi connectivity index (χ1v) is 18.1. The Morgan fingerprint density at radius 1 is 0.808 bits per heavy atom. The molecule has 3 amide bonds. The maximum Gasteiger partial charge on any atom is 0.407 e.